The molecule has 4 rings (SSSR count). The van der Waals surface area contributed by atoms with Crippen molar-refractivity contribution in [1.29, 1.82) is 0 Å². The molecule has 5 nitrogen and oxygen atoms in total. The molecule has 0 aromatic heterocycles. The Morgan fingerprint density at radius 1 is 1.28 bits per heavy atom. The third-order valence-corrected chi connectivity index (χ3v) is 5.92. The molecule has 1 N–H and O–H groups in total. The number of carbonyl (C=O) groups is 2. The van der Waals surface area contributed by atoms with Gasteiger partial charge >= 0.3 is 0 Å². The van der Waals surface area contributed by atoms with Crippen molar-refractivity contribution in [3.05, 3.63) is 35.9 Å². The van der Waals surface area contributed by atoms with Crippen LogP contribution in [0.4, 0.5) is 0 Å². The second-order valence-electron chi connectivity index (χ2n) is 7.99. The fourth-order valence-electron chi connectivity index (χ4n) is 3.96. The van der Waals surface area contributed by atoms with Crippen molar-refractivity contribution in [3.8, 4) is 0 Å². The van der Waals surface area contributed by atoms with Gasteiger partial charge in [0.05, 0.1) is 19.7 Å². The molecule has 1 saturated carbocycles. The molecular formula is C20H26N2O3. The highest BCUT2D eigenvalue weighted by Gasteiger charge is 2.52. The van der Waals surface area contributed by atoms with E-state index in [1.807, 2.05) is 35.2 Å². The number of carbonyl (C=O) groups excluding carboxylic acids is 2. The predicted molar refractivity (Wildman–Crippen MR) is 94.0 cm³/mol. The van der Waals surface area contributed by atoms with Crippen LogP contribution in [0.1, 0.15) is 36.5 Å². The topological polar surface area (TPSA) is 58.6 Å². The highest BCUT2D eigenvalue weighted by Crippen LogP contribution is 2.43. The van der Waals surface area contributed by atoms with Gasteiger partial charge in [-0.1, -0.05) is 25.1 Å². The van der Waals surface area contributed by atoms with Crippen LogP contribution in [0, 0.1) is 17.8 Å². The fourth-order valence-corrected chi connectivity index (χ4v) is 3.96. The number of benzene rings is 1. The van der Waals surface area contributed by atoms with E-state index in [-0.39, 0.29) is 17.4 Å². The minimum atomic E-state index is -0.117. The molecule has 5 heteroatoms. The third kappa shape index (κ3) is 3.43. The second kappa shape index (κ2) is 6.45. The Balaban J connectivity index is 1.19. The monoisotopic (exact) mass is 342 g/mol. The Morgan fingerprint density at radius 2 is 2.00 bits per heavy atom. The average molecular weight is 342 g/mol. The van der Waals surface area contributed by atoms with Crippen LogP contribution < -0.4 is 5.32 Å². The van der Waals surface area contributed by atoms with Crippen molar-refractivity contribution in [2.45, 2.75) is 31.8 Å². The van der Waals surface area contributed by atoms with E-state index in [4.69, 9.17) is 4.74 Å². The van der Waals surface area contributed by atoms with Crippen molar-refractivity contribution in [2.75, 3.05) is 26.2 Å². The van der Waals surface area contributed by atoms with E-state index in [0.29, 0.717) is 36.5 Å². The number of nitrogens with zero attached hydrogens (tertiary/aromatic N) is 1. The number of ether oxygens (including phenoxy) is 1. The average Bonchev–Trinajstić information content (AvgIpc) is 3.35. The number of hydrogen-bond acceptors (Lipinski definition) is 3. The molecule has 1 aromatic rings. The molecule has 1 spiro atoms. The summed E-state index contributed by atoms with van der Waals surface area (Å²) in [6.45, 7) is 4.95. The molecule has 3 aliphatic rings. The Bertz CT molecular complexity index is 644. The molecule has 1 aliphatic carbocycles. The predicted octanol–water partition coefficient (Wildman–Crippen LogP) is 2.08. The van der Waals surface area contributed by atoms with Gasteiger partial charge in [-0.05, 0) is 43.2 Å². The molecule has 2 aliphatic heterocycles. The minimum absolute atomic E-state index is 0.0279. The Kier molecular flexibility index (Phi) is 4.28. The van der Waals surface area contributed by atoms with E-state index in [9.17, 15) is 9.59 Å². The van der Waals surface area contributed by atoms with E-state index in [1.165, 1.54) is 0 Å². The summed E-state index contributed by atoms with van der Waals surface area (Å²) in [5.74, 6) is 1.47. The number of rotatable bonds is 4. The summed E-state index contributed by atoms with van der Waals surface area (Å²) in [5, 5.41) is 3.00. The summed E-state index contributed by atoms with van der Waals surface area (Å²) in [7, 11) is 0. The zero-order valence-electron chi connectivity index (χ0n) is 14.7. The summed E-state index contributed by atoms with van der Waals surface area (Å²) in [6.07, 6.45) is 3.06. The number of nitrogens with one attached hydrogen (secondary N) is 1. The Hall–Kier alpha value is -1.88. The lowest BCUT2D eigenvalue weighted by Gasteiger charge is -2.53. The molecule has 25 heavy (non-hydrogen) atoms. The normalized spacial score (nSPS) is 29.8. The van der Waals surface area contributed by atoms with Gasteiger partial charge in [0, 0.05) is 18.0 Å². The largest absolute Gasteiger partial charge is 0.371 e. The Morgan fingerprint density at radius 3 is 2.60 bits per heavy atom. The smallest absolute Gasteiger partial charge is 0.251 e. The van der Waals surface area contributed by atoms with Gasteiger partial charge in [-0.15, -0.1) is 0 Å². The molecule has 0 radical (unpaired) electrons. The highest BCUT2D eigenvalue weighted by molar-refractivity contribution is 5.94. The maximum Gasteiger partial charge on any atom is 0.251 e. The van der Waals surface area contributed by atoms with E-state index in [0.717, 1.165) is 32.4 Å². The quantitative estimate of drug-likeness (QED) is 0.911. The van der Waals surface area contributed by atoms with Crippen molar-refractivity contribution >= 4 is 11.8 Å². The van der Waals surface area contributed by atoms with Gasteiger partial charge < -0.3 is 15.0 Å². The first kappa shape index (κ1) is 16.6. The summed E-state index contributed by atoms with van der Waals surface area (Å²) in [5.41, 5.74) is 0.575. The lowest BCUT2D eigenvalue weighted by Crippen LogP contribution is -2.66. The fraction of sp³-hybridized carbons (Fsp3) is 0.600. The third-order valence-electron chi connectivity index (χ3n) is 5.92. The molecular weight excluding hydrogens is 316 g/mol. The van der Waals surface area contributed by atoms with Crippen LogP contribution in [0.5, 0.6) is 0 Å². The van der Waals surface area contributed by atoms with Crippen LogP contribution in [0.25, 0.3) is 0 Å². The van der Waals surface area contributed by atoms with Gasteiger partial charge in [-0.3, -0.25) is 9.59 Å². The van der Waals surface area contributed by atoms with Gasteiger partial charge in [-0.25, -0.2) is 0 Å². The van der Waals surface area contributed by atoms with Gasteiger partial charge in [0.15, 0.2) is 0 Å². The standard InChI is InChI=1S/C20H26N2O3/c1-14-9-17(14)19(24)22-12-20(13-22)8-7-15(11-25-20)10-21-18(23)16-5-3-2-4-6-16/h2-6,14-15,17H,7-13H2,1H3,(H,21,23)/t14-,15-,17-/m1/s1. The van der Waals surface area contributed by atoms with Crippen molar-refractivity contribution < 1.29 is 14.3 Å². The van der Waals surface area contributed by atoms with Crippen molar-refractivity contribution in [1.82, 2.24) is 10.2 Å². The summed E-state index contributed by atoms with van der Waals surface area (Å²) < 4.78 is 6.11. The van der Waals surface area contributed by atoms with Crippen LogP contribution in [-0.4, -0.2) is 48.6 Å². The molecule has 2 saturated heterocycles. The first-order chi connectivity index (χ1) is 12.1. The lowest BCUT2D eigenvalue weighted by atomic mass is 9.82. The van der Waals surface area contributed by atoms with Crippen LogP contribution in [0.3, 0.4) is 0 Å². The Labute approximate surface area is 148 Å². The van der Waals surface area contributed by atoms with Gasteiger partial charge in [-0.2, -0.15) is 0 Å². The molecule has 3 atom stereocenters. The molecule has 0 bridgehead atoms. The van der Waals surface area contributed by atoms with Crippen LogP contribution in [-0.2, 0) is 9.53 Å². The van der Waals surface area contributed by atoms with E-state index >= 15 is 0 Å². The molecule has 3 fully saturated rings. The zero-order valence-corrected chi connectivity index (χ0v) is 14.7. The maximum atomic E-state index is 12.2. The first-order valence-electron chi connectivity index (χ1n) is 9.32. The van der Waals surface area contributed by atoms with E-state index < -0.39 is 0 Å². The number of likely N-dealkylation sites (tertiary alicyclic amines) is 1. The maximum absolute atomic E-state index is 12.2. The van der Waals surface area contributed by atoms with Crippen molar-refractivity contribution in [2.24, 2.45) is 17.8 Å². The molecule has 0 unspecified atom stereocenters. The van der Waals surface area contributed by atoms with Gasteiger partial charge in [0.2, 0.25) is 5.91 Å². The van der Waals surface area contributed by atoms with Crippen molar-refractivity contribution in [3.63, 3.8) is 0 Å². The van der Waals surface area contributed by atoms with E-state index in [1.54, 1.807) is 0 Å². The minimum Gasteiger partial charge on any atom is -0.371 e. The lowest BCUT2D eigenvalue weighted by molar-refractivity contribution is -0.189. The van der Waals surface area contributed by atoms with Crippen LogP contribution >= 0.6 is 0 Å². The molecule has 2 amide bonds. The SMILES string of the molecule is C[C@@H]1C[C@H]1C(=O)N1CC2(CC[C@H](CNC(=O)c3ccccc3)CO2)C1. The zero-order chi connectivity index (χ0) is 17.4. The second-order valence-corrected chi connectivity index (χ2v) is 7.99. The molecule has 134 valence electrons. The van der Waals surface area contributed by atoms with Gasteiger partial charge in [0.1, 0.15) is 5.60 Å². The molecule has 1 aromatic carbocycles. The first-order valence-corrected chi connectivity index (χ1v) is 9.32. The highest BCUT2D eigenvalue weighted by atomic mass is 16.5. The summed E-state index contributed by atoms with van der Waals surface area (Å²) in [4.78, 5) is 26.3. The summed E-state index contributed by atoms with van der Waals surface area (Å²) in [6, 6.07) is 9.29. The van der Waals surface area contributed by atoms with Crippen LogP contribution in [0.15, 0.2) is 30.3 Å². The number of amides is 2. The van der Waals surface area contributed by atoms with Gasteiger partial charge in [0.25, 0.3) is 5.91 Å². The van der Waals surface area contributed by atoms with Crippen LogP contribution in [0.2, 0.25) is 0 Å². The molecule has 2 heterocycles. The summed E-state index contributed by atoms with van der Waals surface area (Å²) >= 11 is 0. The number of hydrogen-bond donors (Lipinski definition) is 1. The van der Waals surface area contributed by atoms with E-state index in [2.05, 4.69) is 12.2 Å².